The van der Waals surface area contributed by atoms with E-state index in [4.69, 9.17) is 11.5 Å². The van der Waals surface area contributed by atoms with E-state index >= 15 is 0 Å². The van der Waals surface area contributed by atoms with Crippen LogP contribution in [0.3, 0.4) is 0 Å². The highest BCUT2D eigenvalue weighted by Crippen LogP contribution is 2.16. The summed E-state index contributed by atoms with van der Waals surface area (Å²) in [4.78, 5) is 0. The Labute approximate surface area is 71.5 Å². The van der Waals surface area contributed by atoms with Gasteiger partial charge >= 0.3 is 0 Å². The van der Waals surface area contributed by atoms with Crippen LogP contribution >= 0.6 is 0 Å². The van der Waals surface area contributed by atoms with Crippen LogP contribution in [0.5, 0.6) is 0 Å². The zero-order chi connectivity index (χ0) is 8.97. The summed E-state index contributed by atoms with van der Waals surface area (Å²) in [7, 11) is 0. The SMILES string of the molecule is C#CC(O)c1ccccc1CO. The molecule has 0 aromatic heterocycles. The van der Waals surface area contributed by atoms with Crippen LogP contribution in [0.4, 0.5) is 0 Å². The molecular weight excluding hydrogens is 152 g/mol. The average Bonchev–Trinajstić information content (AvgIpc) is 2.16. The summed E-state index contributed by atoms with van der Waals surface area (Å²) >= 11 is 0. The molecule has 0 heterocycles. The third-order valence-corrected chi connectivity index (χ3v) is 1.68. The molecule has 62 valence electrons. The van der Waals surface area contributed by atoms with Crippen molar-refractivity contribution in [2.45, 2.75) is 12.7 Å². The van der Waals surface area contributed by atoms with Gasteiger partial charge in [0.25, 0.3) is 0 Å². The van der Waals surface area contributed by atoms with E-state index in [0.717, 1.165) is 0 Å². The molecule has 0 radical (unpaired) electrons. The van der Waals surface area contributed by atoms with Crippen LogP contribution in [0.1, 0.15) is 17.2 Å². The molecule has 2 nitrogen and oxygen atoms in total. The average molecular weight is 162 g/mol. The minimum absolute atomic E-state index is 0.102. The number of benzene rings is 1. The monoisotopic (exact) mass is 162 g/mol. The summed E-state index contributed by atoms with van der Waals surface area (Å²) in [5.41, 5.74) is 1.27. The molecule has 0 amide bonds. The molecule has 12 heavy (non-hydrogen) atoms. The van der Waals surface area contributed by atoms with E-state index in [2.05, 4.69) is 5.92 Å². The van der Waals surface area contributed by atoms with Gasteiger partial charge in [0.15, 0.2) is 0 Å². The van der Waals surface area contributed by atoms with E-state index in [0.29, 0.717) is 11.1 Å². The molecule has 0 aliphatic carbocycles. The summed E-state index contributed by atoms with van der Waals surface area (Å²) in [6.45, 7) is -0.102. The van der Waals surface area contributed by atoms with Crippen LogP contribution in [0, 0.1) is 12.3 Å². The molecule has 1 aromatic rings. The highest BCUT2D eigenvalue weighted by Gasteiger charge is 2.07. The zero-order valence-electron chi connectivity index (χ0n) is 6.57. The summed E-state index contributed by atoms with van der Waals surface area (Å²) in [5.74, 6) is 2.20. The van der Waals surface area contributed by atoms with Gasteiger partial charge in [0, 0.05) is 0 Å². The fraction of sp³-hybridized carbons (Fsp3) is 0.200. The van der Waals surface area contributed by atoms with Gasteiger partial charge in [-0.3, -0.25) is 0 Å². The van der Waals surface area contributed by atoms with Crippen molar-refractivity contribution in [3.8, 4) is 12.3 Å². The Bertz CT molecular complexity index is 299. The molecular formula is C10H10O2. The lowest BCUT2D eigenvalue weighted by molar-refractivity contribution is 0.229. The Hall–Kier alpha value is -1.30. The second-order valence-electron chi connectivity index (χ2n) is 2.43. The van der Waals surface area contributed by atoms with Gasteiger partial charge in [-0.05, 0) is 11.1 Å². The van der Waals surface area contributed by atoms with Gasteiger partial charge < -0.3 is 10.2 Å². The third-order valence-electron chi connectivity index (χ3n) is 1.68. The minimum atomic E-state index is -0.923. The number of aliphatic hydroxyl groups excluding tert-OH is 2. The van der Waals surface area contributed by atoms with Crippen molar-refractivity contribution >= 4 is 0 Å². The van der Waals surface area contributed by atoms with E-state index < -0.39 is 6.10 Å². The second-order valence-corrected chi connectivity index (χ2v) is 2.43. The maximum absolute atomic E-state index is 9.29. The smallest absolute Gasteiger partial charge is 0.140 e. The summed E-state index contributed by atoms with van der Waals surface area (Å²) in [6.07, 6.45) is 4.12. The Kier molecular flexibility index (Phi) is 2.87. The predicted octanol–water partition coefficient (Wildman–Crippen LogP) is 0.845. The van der Waals surface area contributed by atoms with E-state index in [9.17, 15) is 5.11 Å². The minimum Gasteiger partial charge on any atom is -0.392 e. The first-order chi connectivity index (χ1) is 5.79. The van der Waals surface area contributed by atoms with Crippen LogP contribution in [-0.4, -0.2) is 10.2 Å². The maximum Gasteiger partial charge on any atom is 0.140 e. The molecule has 1 atom stereocenters. The Balaban J connectivity index is 3.06. The molecule has 1 aromatic carbocycles. The number of aliphatic hydroxyl groups is 2. The van der Waals surface area contributed by atoms with Crippen molar-refractivity contribution in [2.75, 3.05) is 0 Å². The highest BCUT2D eigenvalue weighted by atomic mass is 16.3. The number of hydrogen-bond donors (Lipinski definition) is 2. The normalized spacial score (nSPS) is 12.1. The Morgan fingerprint density at radius 1 is 1.42 bits per heavy atom. The van der Waals surface area contributed by atoms with Crippen molar-refractivity contribution in [1.29, 1.82) is 0 Å². The van der Waals surface area contributed by atoms with Gasteiger partial charge in [-0.2, -0.15) is 0 Å². The number of rotatable bonds is 2. The van der Waals surface area contributed by atoms with E-state index in [1.807, 2.05) is 0 Å². The fourth-order valence-corrected chi connectivity index (χ4v) is 1.03. The van der Waals surface area contributed by atoms with E-state index in [1.54, 1.807) is 24.3 Å². The highest BCUT2D eigenvalue weighted by molar-refractivity contribution is 5.32. The molecule has 0 aliphatic heterocycles. The largest absolute Gasteiger partial charge is 0.392 e. The van der Waals surface area contributed by atoms with Gasteiger partial charge in [0.1, 0.15) is 6.10 Å². The molecule has 1 rings (SSSR count). The Morgan fingerprint density at radius 3 is 2.67 bits per heavy atom. The topological polar surface area (TPSA) is 40.5 Å². The van der Waals surface area contributed by atoms with Crippen molar-refractivity contribution in [3.63, 3.8) is 0 Å². The van der Waals surface area contributed by atoms with Gasteiger partial charge in [-0.1, -0.05) is 30.2 Å². The van der Waals surface area contributed by atoms with Crippen molar-refractivity contribution in [3.05, 3.63) is 35.4 Å². The van der Waals surface area contributed by atoms with Crippen LogP contribution < -0.4 is 0 Å². The van der Waals surface area contributed by atoms with Crippen molar-refractivity contribution in [1.82, 2.24) is 0 Å². The van der Waals surface area contributed by atoms with Crippen LogP contribution in [0.15, 0.2) is 24.3 Å². The first-order valence-electron chi connectivity index (χ1n) is 3.62. The molecule has 0 saturated heterocycles. The number of terminal acetylenes is 1. The lowest BCUT2D eigenvalue weighted by atomic mass is 10.0. The molecule has 2 heteroatoms. The summed E-state index contributed by atoms with van der Waals surface area (Å²) < 4.78 is 0. The van der Waals surface area contributed by atoms with Gasteiger partial charge in [-0.15, -0.1) is 6.42 Å². The van der Waals surface area contributed by atoms with Crippen molar-refractivity contribution in [2.24, 2.45) is 0 Å². The van der Waals surface area contributed by atoms with Gasteiger partial charge in [-0.25, -0.2) is 0 Å². The van der Waals surface area contributed by atoms with Gasteiger partial charge in [0.05, 0.1) is 6.61 Å². The number of hydrogen-bond acceptors (Lipinski definition) is 2. The predicted molar refractivity (Wildman–Crippen MR) is 46.2 cm³/mol. The van der Waals surface area contributed by atoms with Crippen LogP contribution in [0.25, 0.3) is 0 Å². The molecule has 0 fully saturated rings. The molecule has 0 aliphatic rings. The molecule has 0 spiro atoms. The first kappa shape index (κ1) is 8.79. The third kappa shape index (κ3) is 1.65. The summed E-state index contributed by atoms with van der Waals surface area (Å²) in [5, 5.41) is 18.2. The first-order valence-corrected chi connectivity index (χ1v) is 3.62. The van der Waals surface area contributed by atoms with Crippen LogP contribution in [-0.2, 0) is 6.61 Å². The lowest BCUT2D eigenvalue weighted by Gasteiger charge is -2.07. The second kappa shape index (κ2) is 3.91. The summed E-state index contributed by atoms with van der Waals surface area (Å²) in [6, 6.07) is 7.00. The fourth-order valence-electron chi connectivity index (χ4n) is 1.03. The van der Waals surface area contributed by atoms with Crippen molar-refractivity contribution < 1.29 is 10.2 Å². The Morgan fingerprint density at radius 2 is 2.08 bits per heavy atom. The molecule has 1 unspecified atom stereocenters. The van der Waals surface area contributed by atoms with E-state index in [-0.39, 0.29) is 6.61 Å². The molecule has 2 N–H and O–H groups in total. The van der Waals surface area contributed by atoms with Gasteiger partial charge in [0.2, 0.25) is 0 Å². The quantitative estimate of drug-likeness (QED) is 0.633. The molecule has 0 bridgehead atoms. The molecule has 0 saturated carbocycles. The van der Waals surface area contributed by atoms with E-state index in [1.165, 1.54) is 0 Å². The van der Waals surface area contributed by atoms with Crippen LogP contribution in [0.2, 0.25) is 0 Å². The zero-order valence-corrected chi connectivity index (χ0v) is 6.57. The lowest BCUT2D eigenvalue weighted by Crippen LogP contribution is -1.99. The maximum atomic E-state index is 9.29. The standard InChI is InChI=1S/C10H10O2/c1-2-10(12)9-6-4-3-5-8(9)7-11/h1,3-6,10-12H,7H2.